The molecule has 1 N–H and O–H groups in total. The van der Waals surface area contributed by atoms with Gasteiger partial charge in [-0.25, -0.2) is 4.98 Å². The van der Waals surface area contributed by atoms with Gasteiger partial charge in [-0.2, -0.15) is 0 Å². The third-order valence-corrected chi connectivity index (χ3v) is 6.91. The van der Waals surface area contributed by atoms with Crippen LogP contribution in [0.1, 0.15) is 42.3 Å². The van der Waals surface area contributed by atoms with Gasteiger partial charge in [0.25, 0.3) is 0 Å². The minimum atomic E-state index is -0.0958. The van der Waals surface area contributed by atoms with Crippen molar-refractivity contribution in [2.24, 2.45) is 0 Å². The summed E-state index contributed by atoms with van der Waals surface area (Å²) in [7, 11) is 0. The molecule has 1 aliphatic rings. The van der Waals surface area contributed by atoms with Gasteiger partial charge < -0.3 is 5.32 Å². The molecule has 0 saturated carbocycles. The molecule has 0 radical (unpaired) electrons. The van der Waals surface area contributed by atoms with E-state index in [2.05, 4.69) is 28.4 Å². The lowest BCUT2D eigenvalue weighted by Crippen LogP contribution is -2.41. The highest BCUT2D eigenvalue weighted by Crippen LogP contribution is 2.33. The number of likely N-dealkylation sites (tertiary alicyclic amines) is 1. The molecule has 0 aliphatic carbocycles. The summed E-state index contributed by atoms with van der Waals surface area (Å²) in [6, 6.07) is 15.9. The van der Waals surface area contributed by atoms with Crippen molar-refractivity contribution < 1.29 is 4.79 Å². The Morgan fingerprint density at radius 3 is 2.68 bits per heavy atom. The first-order valence-electron chi connectivity index (χ1n) is 9.72. The number of hydrogen-bond acceptors (Lipinski definition) is 4. The van der Waals surface area contributed by atoms with E-state index in [1.54, 1.807) is 11.3 Å². The van der Waals surface area contributed by atoms with Gasteiger partial charge in [0.05, 0.1) is 27.8 Å². The van der Waals surface area contributed by atoms with Crippen molar-refractivity contribution >= 4 is 39.1 Å². The molecule has 6 heteroatoms. The van der Waals surface area contributed by atoms with Gasteiger partial charge in [-0.05, 0) is 56.6 Å². The zero-order chi connectivity index (χ0) is 19.5. The SMILES string of the molecule is CC(NC(=O)CN1CCC(c2nc3ccccc3s2)CC1)c1ccccc1Cl. The van der Waals surface area contributed by atoms with E-state index >= 15 is 0 Å². The monoisotopic (exact) mass is 413 g/mol. The van der Waals surface area contributed by atoms with Crippen LogP contribution in [0, 0.1) is 0 Å². The predicted molar refractivity (Wildman–Crippen MR) is 116 cm³/mol. The molecule has 1 amide bonds. The van der Waals surface area contributed by atoms with Crippen LogP contribution in [0.15, 0.2) is 48.5 Å². The Bertz CT molecular complexity index is 932. The number of carbonyl (C=O) groups is 1. The zero-order valence-electron chi connectivity index (χ0n) is 15.9. The van der Waals surface area contributed by atoms with E-state index in [9.17, 15) is 4.79 Å². The van der Waals surface area contributed by atoms with Crippen LogP contribution in [0.4, 0.5) is 0 Å². The average Bonchev–Trinajstić information content (AvgIpc) is 3.13. The number of thiazole rings is 1. The second-order valence-electron chi connectivity index (χ2n) is 7.38. The van der Waals surface area contributed by atoms with E-state index in [4.69, 9.17) is 16.6 Å². The summed E-state index contributed by atoms with van der Waals surface area (Å²) in [5.74, 6) is 0.546. The van der Waals surface area contributed by atoms with Crippen molar-refractivity contribution in [3.8, 4) is 0 Å². The quantitative estimate of drug-likeness (QED) is 0.639. The first-order chi connectivity index (χ1) is 13.6. The van der Waals surface area contributed by atoms with Crippen LogP contribution in [0.25, 0.3) is 10.2 Å². The highest BCUT2D eigenvalue weighted by molar-refractivity contribution is 7.18. The van der Waals surface area contributed by atoms with E-state index in [1.165, 1.54) is 9.71 Å². The first-order valence-corrected chi connectivity index (χ1v) is 10.9. The molecule has 1 saturated heterocycles. The van der Waals surface area contributed by atoms with Gasteiger partial charge in [0.15, 0.2) is 0 Å². The van der Waals surface area contributed by atoms with Gasteiger partial charge in [-0.15, -0.1) is 11.3 Å². The fourth-order valence-corrected chi connectivity index (χ4v) is 5.23. The van der Waals surface area contributed by atoms with Crippen molar-refractivity contribution in [3.05, 3.63) is 64.1 Å². The molecule has 1 atom stereocenters. The third-order valence-electron chi connectivity index (χ3n) is 5.36. The summed E-state index contributed by atoms with van der Waals surface area (Å²) in [6.07, 6.45) is 2.10. The fourth-order valence-electron chi connectivity index (χ4n) is 3.80. The van der Waals surface area contributed by atoms with Crippen molar-refractivity contribution in [1.29, 1.82) is 0 Å². The number of carbonyl (C=O) groups excluding carboxylic acids is 1. The number of halogens is 1. The molecule has 0 spiro atoms. The standard InChI is InChI=1S/C22H24ClN3OS/c1-15(17-6-2-3-7-18(17)23)24-21(27)14-26-12-10-16(11-13-26)22-25-19-8-4-5-9-20(19)28-22/h2-9,15-16H,10-14H2,1H3,(H,24,27). The predicted octanol–water partition coefficient (Wildman–Crippen LogP) is 5.01. The number of aromatic nitrogens is 1. The number of benzene rings is 2. The van der Waals surface area contributed by atoms with Crippen molar-refractivity contribution in [1.82, 2.24) is 15.2 Å². The summed E-state index contributed by atoms with van der Waals surface area (Å²) in [5.41, 5.74) is 2.05. The Labute approximate surface area is 174 Å². The summed E-state index contributed by atoms with van der Waals surface area (Å²) in [4.78, 5) is 19.5. The lowest BCUT2D eigenvalue weighted by molar-refractivity contribution is -0.123. The van der Waals surface area contributed by atoms with Crippen LogP contribution in [0.3, 0.4) is 0 Å². The van der Waals surface area contributed by atoms with Crippen molar-refractivity contribution in [2.75, 3.05) is 19.6 Å². The Hall–Kier alpha value is -1.95. The highest BCUT2D eigenvalue weighted by atomic mass is 35.5. The molecule has 0 bridgehead atoms. The number of hydrogen-bond donors (Lipinski definition) is 1. The maximum atomic E-state index is 12.5. The Morgan fingerprint density at radius 1 is 1.21 bits per heavy atom. The summed E-state index contributed by atoms with van der Waals surface area (Å²) >= 11 is 8.04. The van der Waals surface area contributed by atoms with E-state index in [1.807, 2.05) is 37.3 Å². The number of para-hydroxylation sites is 1. The molecule has 1 aromatic heterocycles. The number of amides is 1. The number of piperidine rings is 1. The van der Waals surface area contributed by atoms with E-state index in [0.29, 0.717) is 17.5 Å². The maximum Gasteiger partial charge on any atom is 0.234 e. The molecular weight excluding hydrogens is 390 g/mol. The minimum Gasteiger partial charge on any atom is -0.348 e. The van der Waals surface area contributed by atoms with E-state index in [0.717, 1.165) is 37.0 Å². The second kappa shape index (κ2) is 8.60. The molecule has 1 unspecified atom stereocenters. The summed E-state index contributed by atoms with van der Waals surface area (Å²) in [5, 5.41) is 4.99. The Kier molecular flexibility index (Phi) is 5.95. The molecule has 146 valence electrons. The highest BCUT2D eigenvalue weighted by Gasteiger charge is 2.25. The minimum absolute atomic E-state index is 0.0471. The van der Waals surface area contributed by atoms with Crippen molar-refractivity contribution in [2.45, 2.75) is 31.7 Å². The van der Waals surface area contributed by atoms with Gasteiger partial charge in [-0.3, -0.25) is 9.69 Å². The molecule has 28 heavy (non-hydrogen) atoms. The van der Waals surface area contributed by atoms with Crippen LogP contribution < -0.4 is 5.32 Å². The lowest BCUT2D eigenvalue weighted by atomic mass is 9.97. The van der Waals surface area contributed by atoms with Crippen LogP contribution in [-0.4, -0.2) is 35.4 Å². The van der Waals surface area contributed by atoms with Gasteiger partial charge >= 0.3 is 0 Å². The second-order valence-corrected chi connectivity index (χ2v) is 8.85. The molecule has 2 aromatic carbocycles. The number of nitrogens with one attached hydrogen (secondary N) is 1. The lowest BCUT2D eigenvalue weighted by Gasteiger charge is -2.30. The molecule has 4 rings (SSSR count). The Morgan fingerprint density at radius 2 is 1.93 bits per heavy atom. The smallest absolute Gasteiger partial charge is 0.234 e. The van der Waals surface area contributed by atoms with Gasteiger partial charge in [0.1, 0.15) is 0 Å². The van der Waals surface area contributed by atoms with Gasteiger partial charge in [-0.1, -0.05) is 41.9 Å². The molecule has 4 nitrogen and oxygen atoms in total. The summed E-state index contributed by atoms with van der Waals surface area (Å²) in [6.45, 7) is 4.25. The fraction of sp³-hybridized carbons (Fsp3) is 0.364. The van der Waals surface area contributed by atoms with Crippen LogP contribution in [-0.2, 0) is 4.79 Å². The largest absolute Gasteiger partial charge is 0.348 e. The maximum absolute atomic E-state index is 12.5. The molecule has 3 aromatic rings. The van der Waals surface area contributed by atoms with Crippen LogP contribution >= 0.6 is 22.9 Å². The Balaban J connectivity index is 1.29. The van der Waals surface area contributed by atoms with Gasteiger partial charge in [0, 0.05) is 10.9 Å². The third kappa shape index (κ3) is 4.37. The zero-order valence-corrected chi connectivity index (χ0v) is 17.5. The van der Waals surface area contributed by atoms with Crippen molar-refractivity contribution in [3.63, 3.8) is 0 Å². The average molecular weight is 414 g/mol. The number of fused-ring (bicyclic) bond motifs is 1. The topological polar surface area (TPSA) is 45.2 Å². The van der Waals surface area contributed by atoms with Gasteiger partial charge in [0.2, 0.25) is 5.91 Å². The van der Waals surface area contributed by atoms with Crippen LogP contribution in [0.5, 0.6) is 0 Å². The molecule has 1 aliphatic heterocycles. The molecule has 1 fully saturated rings. The van der Waals surface area contributed by atoms with Crippen LogP contribution in [0.2, 0.25) is 5.02 Å². The number of nitrogens with zero attached hydrogens (tertiary/aromatic N) is 2. The summed E-state index contributed by atoms with van der Waals surface area (Å²) < 4.78 is 1.26. The molecular formula is C22H24ClN3OS. The normalized spacial score (nSPS) is 16.9. The first kappa shape index (κ1) is 19.4. The van der Waals surface area contributed by atoms with E-state index in [-0.39, 0.29) is 11.9 Å². The molecule has 2 heterocycles. The van der Waals surface area contributed by atoms with E-state index < -0.39 is 0 Å². The number of rotatable bonds is 5.